The van der Waals surface area contributed by atoms with Gasteiger partial charge in [-0.25, -0.2) is 0 Å². The summed E-state index contributed by atoms with van der Waals surface area (Å²) < 4.78 is 0. The first-order chi connectivity index (χ1) is 10.8. The summed E-state index contributed by atoms with van der Waals surface area (Å²) in [6.45, 7) is 13.8. The highest BCUT2D eigenvalue weighted by Gasteiger charge is 2.21. The molecule has 1 aromatic carbocycles. The van der Waals surface area contributed by atoms with Crippen LogP contribution in [0.1, 0.15) is 54.0 Å². The molecule has 0 aliphatic rings. The second kappa shape index (κ2) is 12.5. The van der Waals surface area contributed by atoms with Crippen molar-refractivity contribution in [1.82, 2.24) is 5.32 Å². The summed E-state index contributed by atoms with van der Waals surface area (Å²) in [4.78, 5) is 12.3. The average Bonchev–Trinajstić information content (AvgIpc) is 2.53. The number of thioether (sulfide) groups is 1. The van der Waals surface area contributed by atoms with Crippen LogP contribution in [0.25, 0.3) is 0 Å². The Balaban J connectivity index is 0. The second-order valence-corrected chi connectivity index (χ2v) is 6.56. The molecule has 0 atom stereocenters. The minimum atomic E-state index is -0.455. The summed E-state index contributed by atoms with van der Waals surface area (Å²) in [7, 11) is 0. The number of carbonyl (C=O) groups excluding carboxylic acids is 1. The Labute approximate surface area is 154 Å². The predicted octanol–water partition coefficient (Wildman–Crippen LogP) is 6.28. The molecular formula is C17H26Cl2N2OS. The summed E-state index contributed by atoms with van der Waals surface area (Å²) in [6.07, 6.45) is 0. The van der Waals surface area contributed by atoms with Gasteiger partial charge in [-0.15, -0.1) is 0 Å². The Hall–Kier alpha value is -0.890. The highest BCUT2D eigenvalue weighted by atomic mass is 35.5. The minimum absolute atomic E-state index is 0.0620. The fraction of sp³-hybridized carbons (Fsp3) is 0.529. The number of hydrogen-bond acceptors (Lipinski definition) is 3. The molecule has 3 nitrogen and oxygen atoms in total. The van der Waals surface area contributed by atoms with Crippen LogP contribution in [-0.4, -0.2) is 5.91 Å². The molecule has 6 heteroatoms. The zero-order valence-electron chi connectivity index (χ0n) is 14.9. The van der Waals surface area contributed by atoms with E-state index in [9.17, 15) is 4.79 Å². The van der Waals surface area contributed by atoms with Crippen LogP contribution in [0, 0.1) is 16.1 Å². The van der Waals surface area contributed by atoms with Crippen molar-refractivity contribution < 1.29 is 4.79 Å². The molecule has 0 saturated heterocycles. The standard InChI is InChI=1S/C13H14Cl2N2OS.2C2H6/c1-13(2,3)12(18)17-6-8-4-5-9(14)11(10(8)15)19-7-16;2*1-2/h4-5H,6H2,1-3H3,(H,17,18);2*1-2H3. The van der Waals surface area contributed by atoms with Crippen LogP contribution in [0.4, 0.5) is 0 Å². The third kappa shape index (κ3) is 8.50. The van der Waals surface area contributed by atoms with Gasteiger partial charge in [-0.3, -0.25) is 4.79 Å². The molecular weight excluding hydrogens is 351 g/mol. The van der Waals surface area contributed by atoms with Crippen LogP contribution in [0.15, 0.2) is 17.0 Å². The first-order valence-electron chi connectivity index (χ1n) is 7.58. The molecule has 0 radical (unpaired) electrons. The van der Waals surface area contributed by atoms with Gasteiger partial charge in [-0.2, -0.15) is 5.26 Å². The van der Waals surface area contributed by atoms with Crippen molar-refractivity contribution in [3.8, 4) is 5.40 Å². The van der Waals surface area contributed by atoms with Crippen LogP contribution in [-0.2, 0) is 11.3 Å². The normalized spacial score (nSPS) is 9.57. The van der Waals surface area contributed by atoms with Crippen LogP contribution in [0.3, 0.4) is 0 Å². The van der Waals surface area contributed by atoms with E-state index in [1.54, 1.807) is 12.1 Å². The Morgan fingerprint density at radius 1 is 1.22 bits per heavy atom. The smallest absolute Gasteiger partial charge is 0.225 e. The van der Waals surface area contributed by atoms with Crippen molar-refractivity contribution in [2.75, 3.05) is 0 Å². The number of hydrogen-bond donors (Lipinski definition) is 1. The number of halogens is 2. The third-order valence-electron chi connectivity index (χ3n) is 2.40. The first-order valence-corrected chi connectivity index (χ1v) is 9.15. The van der Waals surface area contributed by atoms with E-state index in [1.165, 1.54) is 0 Å². The van der Waals surface area contributed by atoms with Gasteiger partial charge in [0.1, 0.15) is 5.40 Å². The molecule has 0 aliphatic heterocycles. The molecule has 130 valence electrons. The Morgan fingerprint density at radius 2 is 1.74 bits per heavy atom. The van der Waals surface area contributed by atoms with Crippen LogP contribution >= 0.6 is 35.0 Å². The van der Waals surface area contributed by atoms with Gasteiger partial charge in [-0.05, 0) is 23.4 Å². The zero-order chi connectivity index (χ0) is 18.6. The lowest BCUT2D eigenvalue weighted by molar-refractivity contribution is -0.128. The largest absolute Gasteiger partial charge is 0.352 e. The highest BCUT2D eigenvalue weighted by molar-refractivity contribution is 8.04. The van der Waals surface area contributed by atoms with Crippen molar-refractivity contribution >= 4 is 40.9 Å². The van der Waals surface area contributed by atoms with Crippen molar-refractivity contribution in [3.05, 3.63) is 27.7 Å². The Morgan fingerprint density at radius 3 is 2.17 bits per heavy atom. The van der Waals surface area contributed by atoms with Crippen LogP contribution in [0.2, 0.25) is 10.0 Å². The number of rotatable bonds is 3. The third-order valence-corrected chi connectivity index (χ3v) is 4.09. The van der Waals surface area contributed by atoms with Gasteiger partial charge >= 0.3 is 0 Å². The second-order valence-electron chi connectivity index (χ2n) is 4.98. The van der Waals surface area contributed by atoms with Gasteiger partial charge in [0, 0.05) is 12.0 Å². The molecule has 0 saturated carbocycles. The molecule has 1 amide bonds. The Kier molecular flexibility index (Phi) is 13.3. The number of thiocyanates is 1. The lowest BCUT2D eigenvalue weighted by Gasteiger charge is -2.18. The molecule has 0 aliphatic carbocycles. The molecule has 0 heterocycles. The topological polar surface area (TPSA) is 52.9 Å². The average molecular weight is 377 g/mol. The fourth-order valence-electron chi connectivity index (χ4n) is 1.29. The van der Waals surface area contributed by atoms with E-state index in [0.29, 0.717) is 21.5 Å². The summed E-state index contributed by atoms with van der Waals surface area (Å²) in [5.41, 5.74) is 0.282. The van der Waals surface area contributed by atoms with Crippen LogP contribution in [0.5, 0.6) is 0 Å². The van der Waals surface area contributed by atoms with Gasteiger partial charge in [-0.1, -0.05) is 77.7 Å². The van der Waals surface area contributed by atoms with Gasteiger partial charge in [0.15, 0.2) is 0 Å². The van der Waals surface area contributed by atoms with E-state index in [2.05, 4.69) is 5.32 Å². The van der Waals surface area contributed by atoms with Crippen molar-refractivity contribution in [1.29, 1.82) is 5.26 Å². The van der Waals surface area contributed by atoms with Crippen molar-refractivity contribution in [3.63, 3.8) is 0 Å². The van der Waals surface area contributed by atoms with Gasteiger partial charge in [0.05, 0.1) is 14.9 Å². The Bertz CT molecular complexity index is 535. The summed E-state index contributed by atoms with van der Waals surface area (Å²) >= 11 is 13.1. The first kappa shape index (κ1) is 24.4. The maximum Gasteiger partial charge on any atom is 0.225 e. The SMILES string of the molecule is CC.CC.CC(C)(C)C(=O)NCc1ccc(Cl)c(SC#N)c1Cl. The van der Waals surface area contributed by atoms with E-state index in [1.807, 2.05) is 53.9 Å². The molecule has 23 heavy (non-hydrogen) atoms. The van der Waals surface area contributed by atoms with E-state index in [4.69, 9.17) is 28.5 Å². The highest BCUT2D eigenvalue weighted by Crippen LogP contribution is 2.36. The molecule has 0 bridgehead atoms. The predicted molar refractivity (Wildman–Crippen MR) is 102 cm³/mol. The van der Waals surface area contributed by atoms with Crippen LogP contribution < -0.4 is 5.32 Å². The van der Waals surface area contributed by atoms with Crippen molar-refractivity contribution in [2.45, 2.75) is 59.9 Å². The number of nitrogens with one attached hydrogen (secondary N) is 1. The molecule has 0 unspecified atom stereocenters. The lowest BCUT2D eigenvalue weighted by Crippen LogP contribution is -2.34. The minimum Gasteiger partial charge on any atom is -0.352 e. The van der Waals surface area contributed by atoms with Crippen molar-refractivity contribution in [2.24, 2.45) is 5.41 Å². The maximum absolute atomic E-state index is 11.8. The summed E-state index contributed by atoms with van der Waals surface area (Å²) in [5.74, 6) is -0.0620. The maximum atomic E-state index is 11.8. The van der Waals surface area contributed by atoms with Gasteiger partial charge < -0.3 is 5.32 Å². The number of nitrogens with zero attached hydrogens (tertiary/aromatic N) is 1. The summed E-state index contributed by atoms with van der Waals surface area (Å²) in [6, 6.07) is 3.42. The fourth-order valence-corrected chi connectivity index (χ4v) is 2.44. The number of carbonyl (C=O) groups is 1. The van der Waals surface area contributed by atoms with Gasteiger partial charge in [0.25, 0.3) is 0 Å². The molecule has 0 fully saturated rings. The van der Waals surface area contributed by atoms with Gasteiger partial charge in [0.2, 0.25) is 5.91 Å². The number of benzene rings is 1. The molecule has 0 aromatic heterocycles. The number of amides is 1. The van der Waals surface area contributed by atoms with E-state index in [-0.39, 0.29) is 5.91 Å². The van der Waals surface area contributed by atoms with E-state index >= 15 is 0 Å². The zero-order valence-corrected chi connectivity index (χ0v) is 17.2. The quantitative estimate of drug-likeness (QED) is 0.498. The molecule has 1 aromatic rings. The monoisotopic (exact) mass is 376 g/mol. The number of nitriles is 1. The lowest BCUT2D eigenvalue weighted by atomic mass is 9.95. The molecule has 0 spiro atoms. The summed E-state index contributed by atoms with van der Waals surface area (Å²) in [5, 5.41) is 14.3. The van der Waals surface area contributed by atoms with E-state index < -0.39 is 5.41 Å². The van der Waals surface area contributed by atoms with E-state index in [0.717, 1.165) is 17.3 Å². The molecule has 1 rings (SSSR count). The molecule has 1 N–H and O–H groups in total.